The Hall–Kier alpha value is -3.22. The fraction of sp³-hybridized carbons (Fsp3) is 0.200. The van der Waals surface area contributed by atoms with Gasteiger partial charge in [0.1, 0.15) is 22.6 Å². The third-order valence-electron chi connectivity index (χ3n) is 4.83. The average Bonchev–Trinajstić information content (AvgIpc) is 2.80. The molecule has 2 N–H and O–H groups in total. The van der Waals surface area contributed by atoms with E-state index in [1.807, 2.05) is 6.92 Å². The number of hydrogen-bond acceptors (Lipinski definition) is 6. The second-order valence-corrected chi connectivity index (χ2v) is 7.84. The smallest absolute Gasteiger partial charge is 0.170 e. The van der Waals surface area contributed by atoms with Crippen molar-refractivity contribution in [3.8, 4) is 56.8 Å². The fourth-order valence-electron chi connectivity index (χ4n) is 3.37. The summed E-state index contributed by atoms with van der Waals surface area (Å²) in [6.45, 7) is 2.45. The highest BCUT2D eigenvalue weighted by atomic mass is 35.5. The topological polar surface area (TPSA) is 77.4 Å². The minimum atomic E-state index is -0.0899. The van der Waals surface area contributed by atoms with Gasteiger partial charge in [0.2, 0.25) is 0 Å². The van der Waals surface area contributed by atoms with E-state index in [0.717, 1.165) is 5.56 Å². The third kappa shape index (κ3) is 5.59. The molecule has 0 heterocycles. The molecule has 0 atom stereocenters. The molecule has 0 saturated heterocycles. The molecule has 0 aliphatic carbocycles. The summed E-state index contributed by atoms with van der Waals surface area (Å²) in [5, 5.41) is 20.8. The van der Waals surface area contributed by atoms with Crippen LogP contribution in [-0.4, -0.2) is 37.6 Å². The molecule has 0 aliphatic rings. The predicted octanol–water partition coefficient (Wildman–Crippen LogP) is 6.55. The zero-order valence-corrected chi connectivity index (χ0v) is 19.9. The molecule has 0 bridgehead atoms. The fourth-order valence-corrected chi connectivity index (χ4v) is 3.50. The Balaban J connectivity index is 2.12. The second kappa shape index (κ2) is 11.1. The van der Waals surface area contributed by atoms with Crippen molar-refractivity contribution in [2.24, 2.45) is 0 Å². The molecule has 0 fully saturated rings. The van der Waals surface area contributed by atoms with Crippen molar-refractivity contribution in [2.75, 3.05) is 27.4 Å². The first-order chi connectivity index (χ1) is 15.9. The maximum absolute atomic E-state index is 11.2. The number of aromatic hydroxyl groups is 2. The van der Waals surface area contributed by atoms with Crippen LogP contribution in [-0.2, 0) is 0 Å². The average molecular weight is 491 g/mol. The number of rotatable bonds is 9. The molecule has 8 heteroatoms. The molecule has 3 aromatic carbocycles. The summed E-state index contributed by atoms with van der Waals surface area (Å²) < 4.78 is 22.7. The summed E-state index contributed by atoms with van der Waals surface area (Å²) in [7, 11) is 3.00. The van der Waals surface area contributed by atoms with E-state index >= 15 is 0 Å². The normalized spacial score (nSPS) is 10.5. The van der Waals surface area contributed by atoms with E-state index in [1.54, 1.807) is 48.5 Å². The summed E-state index contributed by atoms with van der Waals surface area (Å²) in [4.78, 5) is 0. The molecule has 0 amide bonds. The largest absolute Gasteiger partial charge is 0.508 e. The van der Waals surface area contributed by atoms with E-state index in [1.165, 1.54) is 20.3 Å². The Morgan fingerprint density at radius 2 is 1.55 bits per heavy atom. The van der Waals surface area contributed by atoms with Gasteiger partial charge in [0, 0.05) is 5.56 Å². The van der Waals surface area contributed by atoms with Crippen molar-refractivity contribution in [3.63, 3.8) is 0 Å². The third-order valence-corrected chi connectivity index (χ3v) is 5.14. The number of hydrogen-bond donors (Lipinski definition) is 2. The molecule has 0 radical (unpaired) electrons. The lowest BCUT2D eigenvalue weighted by atomic mass is 9.96. The minimum absolute atomic E-state index is 0.0899. The van der Waals surface area contributed by atoms with Gasteiger partial charge in [0.15, 0.2) is 23.0 Å². The number of benzene rings is 3. The highest BCUT2D eigenvalue weighted by Crippen LogP contribution is 2.50. The van der Waals surface area contributed by atoms with Crippen molar-refractivity contribution in [1.82, 2.24) is 0 Å². The maximum atomic E-state index is 11.2. The number of halogens is 2. The molecule has 0 aliphatic heterocycles. The molecule has 33 heavy (non-hydrogen) atoms. The van der Waals surface area contributed by atoms with E-state index in [2.05, 4.69) is 0 Å². The van der Waals surface area contributed by atoms with E-state index in [0.29, 0.717) is 40.5 Å². The molecular formula is C25H24Cl2O6. The first-order valence-corrected chi connectivity index (χ1v) is 10.8. The van der Waals surface area contributed by atoms with Gasteiger partial charge in [-0.2, -0.15) is 0 Å². The van der Waals surface area contributed by atoms with Gasteiger partial charge in [-0.1, -0.05) is 41.4 Å². The highest BCUT2D eigenvalue weighted by Gasteiger charge is 2.22. The van der Waals surface area contributed by atoms with E-state index < -0.39 is 0 Å². The highest BCUT2D eigenvalue weighted by molar-refractivity contribution is 6.55. The lowest BCUT2D eigenvalue weighted by molar-refractivity contribution is 0.297. The van der Waals surface area contributed by atoms with E-state index in [4.69, 9.17) is 42.1 Å². The lowest BCUT2D eigenvalue weighted by Crippen LogP contribution is -2.00. The van der Waals surface area contributed by atoms with Crippen molar-refractivity contribution < 1.29 is 29.2 Å². The van der Waals surface area contributed by atoms with Gasteiger partial charge in [-0.15, -0.1) is 0 Å². The molecule has 3 rings (SSSR count). The molecule has 0 saturated carbocycles. The Kier molecular flexibility index (Phi) is 8.20. The van der Waals surface area contributed by atoms with Crippen LogP contribution in [0.15, 0.2) is 59.1 Å². The molecule has 0 aromatic heterocycles. The number of phenols is 2. The van der Waals surface area contributed by atoms with Crippen LogP contribution in [0.1, 0.15) is 6.92 Å². The van der Waals surface area contributed by atoms with Crippen LogP contribution < -0.4 is 18.9 Å². The minimum Gasteiger partial charge on any atom is -0.508 e. The van der Waals surface area contributed by atoms with Gasteiger partial charge in [-0.25, -0.2) is 0 Å². The lowest BCUT2D eigenvalue weighted by Gasteiger charge is -2.19. The summed E-state index contributed by atoms with van der Waals surface area (Å²) >= 11 is 11.3. The number of phenolic OH excluding ortho intramolecular Hbond substituents is 2. The summed E-state index contributed by atoms with van der Waals surface area (Å²) in [6, 6.07) is 13.6. The zero-order chi connectivity index (χ0) is 24.0. The monoisotopic (exact) mass is 490 g/mol. The number of ether oxygens (including phenoxy) is 4. The van der Waals surface area contributed by atoms with E-state index in [9.17, 15) is 10.2 Å². The predicted molar refractivity (Wildman–Crippen MR) is 130 cm³/mol. The van der Waals surface area contributed by atoms with Crippen LogP contribution in [0.25, 0.3) is 22.3 Å². The van der Waals surface area contributed by atoms with Gasteiger partial charge in [0.25, 0.3) is 0 Å². The van der Waals surface area contributed by atoms with Gasteiger partial charge in [-0.3, -0.25) is 0 Å². The summed E-state index contributed by atoms with van der Waals surface area (Å²) in [6.07, 6.45) is 1.52. The van der Waals surface area contributed by atoms with Crippen LogP contribution in [0.2, 0.25) is 0 Å². The van der Waals surface area contributed by atoms with Crippen molar-refractivity contribution in [1.29, 1.82) is 0 Å². The van der Waals surface area contributed by atoms with Crippen LogP contribution in [0.3, 0.4) is 0 Å². The molecule has 3 aromatic rings. The molecule has 174 valence electrons. The maximum Gasteiger partial charge on any atom is 0.170 e. The SMILES string of the molecule is CCOc1cc(-c2c(OC)cc(-c3ccc(O)cc3)c(OC)c2O)ccc1OCC=C(Cl)Cl. The molecule has 6 nitrogen and oxygen atoms in total. The first kappa shape index (κ1) is 24.4. The summed E-state index contributed by atoms with van der Waals surface area (Å²) in [5.74, 6) is 1.74. The van der Waals surface area contributed by atoms with Crippen LogP contribution in [0, 0.1) is 0 Å². The Morgan fingerprint density at radius 1 is 0.848 bits per heavy atom. The Labute approximate surface area is 202 Å². The van der Waals surface area contributed by atoms with Crippen molar-refractivity contribution >= 4 is 23.2 Å². The van der Waals surface area contributed by atoms with Crippen molar-refractivity contribution in [2.45, 2.75) is 6.92 Å². The summed E-state index contributed by atoms with van der Waals surface area (Å²) in [5.41, 5.74) is 2.44. The van der Waals surface area contributed by atoms with E-state index in [-0.39, 0.29) is 28.3 Å². The molecular weight excluding hydrogens is 467 g/mol. The van der Waals surface area contributed by atoms with Gasteiger partial charge >= 0.3 is 0 Å². The number of methoxy groups -OCH3 is 2. The first-order valence-electron chi connectivity index (χ1n) is 10.1. The molecule has 0 spiro atoms. The van der Waals surface area contributed by atoms with Gasteiger partial charge in [0.05, 0.1) is 26.4 Å². The standard InChI is InChI=1S/C25H24Cl2O6/c1-4-32-20-13-16(7-10-19(20)33-12-11-22(26)27)23-21(30-2)14-18(25(31-3)24(23)29)15-5-8-17(28)9-6-15/h5-11,13-14,28-29H,4,12H2,1-3H3. The van der Waals surface area contributed by atoms with Crippen LogP contribution in [0.5, 0.6) is 34.5 Å². The Bertz CT molecular complexity index is 1140. The molecule has 0 unspecified atom stereocenters. The van der Waals surface area contributed by atoms with Gasteiger partial charge in [-0.05, 0) is 54.5 Å². The van der Waals surface area contributed by atoms with Crippen molar-refractivity contribution in [3.05, 3.63) is 59.1 Å². The van der Waals surface area contributed by atoms with Crippen LogP contribution >= 0.6 is 23.2 Å². The zero-order valence-electron chi connectivity index (χ0n) is 18.4. The quantitative estimate of drug-likeness (QED) is 0.354. The van der Waals surface area contributed by atoms with Crippen LogP contribution in [0.4, 0.5) is 0 Å². The second-order valence-electron chi connectivity index (χ2n) is 6.83. The van der Waals surface area contributed by atoms with Gasteiger partial charge < -0.3 is 29.2 Å². The Morgan fingerprint density at radius 3 is 2.15 bits per heavy atom.